The second-order valence-electron chi connectivity index (χ2n) is 10.3. The van der Waals surface area contributed by atoms with Gasteiger partial charge in [-0.25, -0.2) is 13.2 Å². The highest BCUT2D eigenvalue weighted by Gasteiger charge is 2.25. The second-order valence-corrected chi connectivity index (χ2v) is 10.7. The molecule has 0 atom stereocenters. The van der Waals surface area contributed by atoms with Crippen LogP contribution in [0.3, 0.4) is 0 Å². The fourth-order valence-corrected chi connectivity index (χ4v) is 5.21. The van der Waals surface area contributed by atoms with E-state index in [0.717, 1.165) is 47.3 Å². The highest BCUT2D eigenvalue weighted by Crippen LogP contribution is 2.38. The number of rotatable bonds is 3. The Balaban J connectivity index is 1.82. The summed E-state index contributed by atoms with van der Waals surface area (Å²) in [5.41, 5.74) is 2.41. The first-order valence-electron chi connectivity index (χ1n) is 12.1. The van der Waals surface area contributed by atoms with E-state index in [0.29, 0.717) is 22.0 Å². The summed E-state index contributed by atoms with van der Waals surface area (Å²) >= 11 is 6.46. The number of hydrogen-bond acceptors (Lipinski definition) is 2. The number of halogens is 4. The molecule has 1 aromatic heterocycles. The monoisotopic (exact) mass is 522 g/mol. The van der Waals surface area contributed by atoms with E-state index < -0.39 is 28.7 Å². The zero-order valence-corrected chi connectivity index (χ0v) is 21.5. The molecule has 7 heteroatoms. The van der Waals surface area contributed by atoms with E-state index in [1.807, 2.05) is 6.07 Å². The zero-order chi connectivity index (χ0) is 26.5. The summed E-state index contributed by atoms with van der Waals surface area (Å²) in [4.78, 5) is 15.4. The minimum absolute atomic E-state index is 0.0149. The maximum Gasteiger partial charge on any atom is 0.255 e. The fraction of sp³-hybridized carbons (Fsp3) is 0.233. The van der Waals surface area contributed by atoms with Crippen LogP contribution >= 0.6 is 11.6 Å². The second kappa shape index (κ2) is 9.51. The lowest BCUT2D eigenvalue weighted by Crippen LogP contribution is -2.43. The lowest BCUT2D eigenvalue weighted by molar-refractivity contribution is 0.153. The summed E-state index contributed by atoms with van der Waals surface area (Å²) in [7, 11) is 0. The first-order valence-corrected chi connectivity index (χ1v) is 12.5. The van der Waals surface area contributed by atoms with Crippen LogP contribution in [0.5, 0.6) is 0 Å². The van der Waals surface area contributed by atoms with E-state index in [1.165, 1.54) is 24.3 Å². The van der Waals surface area contributed by atoms with Crippen molar-refractivity contribution in [2.75, 3.05) is 13.1 Å². The van der Waals surface area contributed by atoms with Gasteiger partial charge < -0.3 is 0 Å². The van der Waals surface area contributed by atoms with Crippen molar-refractivity contribution in [3.05, 3.63) is 105 Å². The summed E-state index contributed by atoms with van der Waals surface area (Å²) in [5, 5.41) is 0.761. The van der Waals surface area contributed by atoms with Crippen LogP contribution in [0.15, 0.2) is 71.5 Å². The van der Waals surface area contributed by atoms with E-state index in [1.54, 1.807) is 18.2 Å². The van der Waals surface area contributed by atoms with Gasteiger partial charge in [0.1, 0.15) is 23.1 Å². The zero-order valence-electron chi connectivity index (χ0n) is 20.8. The molecule has 0 spiro atoms. The van der Waals surface area contributed by atoms with Gasteiger partial charge in [0.15, 0.2) is 0 Å². The first kappa shape index (κ1) is 25.3. The molecule has 3 aromatic carbocycles. The molecule has 0 saturated carbocycles. The van der Waals surface area contributed by atoms with E-state index in [-0.39, 0.29) is 10.6 Å². The molecule has 0 bridgehead atoms. The maximum absolute atomic E-state index is 14.9. The van der Waals surface area contributed by atoms with Crippen LogP contribution in [-0.2, 0) is 0 Å². The number of fused-ring (bicyclic) bond motifs is 1. The van der Waals surface area contributed by atoms with Crippen LogP contribution in [0.1, 0.15) is 32.8 Å². The molecule has 4 aromatic rings. The average Bonchev–Trinajstić information content (AvgIpc) is 2.84. The van der Waals surface area contributed by atoms with Gasteiger partial charge >= 0.3 is 0 Å². The third kappa shape index (κ3) is 4.72. The SMILES string of the molecule is CC(C)(C)N1CC=C(c2cc(-c3ccc(F)cc3Cl)c3ccc(=O)n(-c4c(F)cccc4F)c3c2)CC1. The van der Waals surface area contributed by atoms with E-state index in [2.05, 4.69) is 31.7 Å². The quantitative estimate of drug-likeness (QED) is 0.276. The lowest BCUT2D eigenvalue weighted by atomic mass is 9.91. The lowest BCUT2D eigenvalue weighted by Gasteiger charge is -2.37. The number of benzene rings is 3. The van der Waals surface area contributed by atoms with Gasteiger partial charge in [-0.2, -0.15) is 0 Å². The van der Waals surface area contributed by atoms with Crippen LogP contribution in [-0.4, -0.2) is 28.1 Å². The van der Waals surface area contributed by atoms with Gasteiger partial charge in [0.05, 0.1) is 10.5 Å². The molecule has 2 heterocycles. The van der Waals surface area contributed by atoms with Gasteiger partial charge in [-0.3, -0.25) is 14.3 Å². The Kier molecular flexibility index (Phi) is 6.50. The van der Waals surface area contributed by atoms with Crippen molar-refractivity contribution in [2.45, 2.75) is 32.7 Å². The van der Waals surface area contributed by atoms with Crippen molar-refractivity contribution in [2.24, 2.45) is 0 Å². The van der Waals surface area contributed by atoms with Gasteiger partial charge in [-0.05, 0) is 92.4 Å². The van der Waals surface area contributed by atoms with E-state index in [9.17, 15) is 18.0 Å². The minimum Gasteiger partial charge on any atom is -0.294 e. The Morgan fingerprint density at radius 3 is 2.24 bits per heavy atom. The molecule has 190 valence electrons. The van der Waals surface area contributed by atoms with Gasteiger partial charge in [0, 0.05) is 35.6 Å². The fourth-order valence-electron chi connectivity index (χ4n) is 4.94. The summed E-state index contributed by atoms with van der Waals surface area (Å²) < 4.78 is 44.8. The van der Waals surface area contributed by atoms with Crippen molar-refractivity contribution in [3.8, 4) is 16.8 Å². The van der Waals surface area contributed by atoms with Crippen LogP contribution in [0.4, 0.5) is 13.2 Å². The molecule has 37 heavy (non-hydrogen) atoms. The van der Waals surface area contributed by atoms with Crippen molar-refractivity contribution in [3.63, 3.8) is 0 Å². The van der Waals surface area contributed by atoms with E-state index >= 15 is 0 Å². The molecule has 3 nitrogen and oxygen atoms in total. The molecule has 1 aliphatic rings. The summed E-state index contributed by atoms with van der Waals surface area (Å²) in [6.07, 6.45) is 2.89. The minimum atomic E-state index is -0.848. The molecule has 0 fully saturated rings. The molecule has 0 amide bonds. The van der Waals surface area contributed by atoms with Crippen LogP contribution in [0.2, 0.25) is 5.02 Å². The first-order chi connectivity index (χ1) is 17.5. The third-order valence-corrected chi connectivity index (χ3v) is 7.24. The molecule has 0 aliphatic carbocycles. The highest BCUT2D eigenvalue weighted by atomic mass is 35.5. The normalized spacial score (nSPS) is 14.7. The summed E-state index contributed by atoms with van der Waals surface area (Å²) in [6, 6.07) is 14.2. The predicted molar refractivity (Wildman–Crippen MR) is 144 cm³/mol. The number of nitrogens with zero attached hydrogens (tertiary/aromatic N) is 2. The van der Waals surface area contributed by atoms with Crippen LogP contribution < -0.4 is 5.56 Å². The number of aromatic nitrogens is 1. The molecular formula is C30H26ClF3N2O. The van der Waals surface area contributed by atoms with Crippen LogP contribution in [0.25, 0.3) is 33.3 Å². The summed E-state index contributed by atoms with van der Waals surface area (Å²) in [6.45, 7) is 8.07. The average molecular weight is 523 g/mol. The molecule has 5 rings (SSSR count). The molecule has 0 N–H and O–H groups in total. The molecule has 1 aliphatic heterocycles. The van der Waals surface area contributed by atoms with Crippen molar-refractivity contribution < 1.29 is 13.2 Å². The molecule has 0 radical (unpaired) electrons. The Labute approximate surface area is 218 Å². The summed E-state index contributed by atoms with van der Waals surface area (Å²) in [5.74, 6) is -2.17. The Hall–Kier alpha value is -3.35. The van der Waals surface area contributed by atoms with Gasteiger partial charge in [-0.15, -0.1) is 0 Å². The number of para-hydroxylation sites is 1. The molecule has 0 saturated heterocycles. The predicted octanol–water partition coefficient (Wildman–Crippen LogP) is 7.62. The topological polar surface area (TPSA) is 25.2 Å². The largest absolute Gasteiger partial charge is 0.294 e. The number of pyridine rings is 1. The van der Waals surface area contributed by atoms with Gasteiger partial charge in [0.2, 0.25) is 0 Å². The van der Waals surface area contributed by atoms with Crippen molar-refractivity contribution in [1.29, 1.82) is 0 Å². The standard InChI is InChI=1S/C30H26ClF3N2O/c1-30(2,3)35-13-11-18(12-14-35)19-15-23(21-8-7-20(32)17-24(21)31)22-9-10-28(37)36(27(22)16-19)29-25(33)5-4-6-26(29)34/h4-11,15-17H,12-14H2,1-3H3. The Bertz CT molecular complexity index is 1600. The number of hydrogen-bond donors (Lipinski definition) is 0. The molecular weight excluding hydrogens is 497 g/mol. The third-order valence-electron chi connectivity index (χ3n) is 6.92. The Morgan fingerprint density at radius 2 is 1.62 bits per heavy atom. The highest BCUT2D eigenvalue weighted by molar-refractivity contribution is 6.33. The maximum atomic E-state index is 14.9. The van der Waals surface area contributed by atoms with E-state index in [4.69, 9.17) is 11.6 Å². The van der Waals surface area contributed by atoms with Gasteiger partial charge in [0.25, 0.3) is 5.56 Å². The van der Waals surface area contributed by atoms with Gasteiger partial charge in [-0.1, -0.05) is 23.7 Å². The van der Waals surface area contributed by atoms with Crippen LogP contribution in [0, 0.1) is 17.5 Å². The van der Waals surface area contributed by atoms with Crippen molar-refractivity contribution in [1.82, 2.24) is 9.47 Å². The smallest absolute Gasteiger partial charge is 0.255 e. The Morgan fingerprint density at radius 1 is 0.892 bits per heavy atom. The van der Waals surface area contributed by atoms with Crippen molar-refractivity contribution >= 4 is 28.1 Å². The molecule has 0 unspecified atom stereocenters.